The first-order valence-corrected chi connectivity index (χ1v) is 25.3. The molecule has 0 aromatic heterocycles. The molecule has 0 fully saturated rings. The Morgan fingerprint density at radius 3 is 1.03 bits per heavy atom. The van der Waals surface area contributed by atoms with Crippen molar-refractivity contribution in [3.63, 3.8) is 0 Å². The summed E-state index contributed by atoms with van der Waals surface area (Å²) >= 11 is 0. The minimum absolute atomic E-state index is 0.0809. The first-order valence-electron chi connectivity index (χ1n) is 25.3. The summed E-state index contributed by atoms with van der Waals surface area (Å²) in [6, 6.07) is 0. The zero-order valence-electron chi connectivity index (χ0n) is 39.5. The molecule has 6 heteroatoms. The predicted octanol–water partition coefficient (Wildman–Crippen LogP) is 16.5. The van der Waals surface area contributed by atoms with Gasteiger partial charge in [-0.1, -0.05) is 204 Å². The van der Waals surface area contributed by atoms with Crippen LogP contribution in [-0.2, 0) is 28.6 Å². The van der Waals surface area contributed by atoms with E-state index in [2.05, 4.69) is 81.5 Å². The van der Waals surface area contributed by atoms with Gasteiger partial charge >= 0.3 is 17.9 Å². The minimum Gasteiger partial charge on any atom is -0.462 e. The number of hydrogen-bond acceptors (Lipinski definition) is 6. The quantitative estimate of drug-likeness (QED) is 0.0263. The maximum Gasteiger partial charge on any atom is 0.306 e. The molecule has 0 aliphatic carbocycles. The van der Waals surface area contributed by atoms with Crippen LogP contribution in [0.25, 0.3) is 0 Å². The van der Waals surface area contributed by atoms with Crippen molar-refractivity contribution in [1.29, 1.82) is 0 Å². The zero-order valence-corrected chi connectivity index (χ0v) is 39.5. The first-order chi connectivity index (χ1) is 29.5. The van der Waals surface area contributed by atoms with Gasteiger partial charge in [-0.2, -0.15) is 0 Å². The maximum atomic E-state index is 12.8. The molecule has 0 N–H and O–H groups in total. The van der Waals surface area contributed by atoms with Crippen LogP contribution in [0.15, 0.2) is 60.8 Å². The summed E-state index contributed by atoms with van der Waals surface area (Å²) in [7, 11) is 0. The Bertz CT molecular complexity index is 1100. The van der Waals surface area contributed by atoms with E-state index in [0.717, 1.165) is 103 Å². The minimum atomic E-state index is -0.780. The van der Waals surface area contributed by atoms with Gasteiger partial charge in [-0.25, -0.2) is 0 Å². The lowest BCUT2D eigenvalue weighted by molar-refractivity contribution is -0.167. The molecule has 60 heavy (non-hydrogen) atoms. The SMILES string of the molecule is CC/C=C\C/C=C\C/C=C\C/C=C\CCCCCCCCC(=O)OCC(COC(=O)CCCCCCCCCCC)OC(=O)CCCCCCC/C=C\CCCCCCC. The fourth-order valence-electron chi connectivity index (χ4n) is 6.96. The molecule has 1 atom stereocenters. The second-order valence-corrected chi connectivity index (χ2v) is 16.7. The number of hydrogen-bond donors (Lipinski definition) is 0. The molecular formula is C54H94O6. The van der Waals surface area contributed by atoms with Gasteiger partial charge in [0.05, 0.1) is 0 Å². The lowest BCUT2D eigenvalue weighted by atomic mass is 10.1. The van der Waals surface area contributed by atoms with Gasteiger partial charge in [0.1, 0.15) is 13.2 Å². The molecule has 0 spiro atoms. The van der Waals surface area contributed by atoms with Crippen molar-refractivity contribution in [2.45, 2.75) is 252 Å². The maximum absolute atomic E-state index is 12.8. The van der Waals surface area contributed by atoms with Crippen LogP contribution in [0.1, 0.15) is 245 Å². The van der Waals surface area contributed by atoms with Crippen LogP contribution in [0, 0.1) is 0 Å². The number of unbranched alkanes of at least 4 members (excludes halogenated alkanes) is 24. The van der Waals surface area contributed by atoms with E-state index in [-0.39, 0.29) is 31.1 Å². The van der Waals surface area contributed by atoms with Crippen molar-refractivity contribution in [2.75, 3.05) is 13.2 Å². The highest BCUT2D eigenvalue weighted by Crippen LogP contribution is 2.14. The summed E-state index contributed by atoms with van der Waals surface area (Å²) in [5.41, 5.74) is 0. The summed E-state index contributed by atoms with van der Waals surface area (Å²) in [6.45, 7) is 6.48. The second kappa shape index (κ2) is 48.8. The molecule has 0 aliphatic heterocycles. The van der Waals surface area contributed by atoms with Crippen LogP contribution in [0.2, 0.25) is 0 Å². The molecule has 0 saturated heterocycles. The third-order valence-electron chi connectivity index (χ3n) is 10.8. The highest BCUT2D eigenvalue weighted by atomic mass is 16.6. The van der Waals surface area contributed by atoms with Crippen LogP contribution >= 0.6 is 0 Å². The Balaban J connectivity index is 4.35. The van der Waals surface area contributed by atoms with Crippen molar-refractivity contribution in [1.82, 2.24) is 0 Å². The van der Waals surface area contributed by atoms with Gasteiger partial charge in [-0.3, -0.25) is 14.4 Å². The molecule has 0 rings (SSSR count). The third kappa shape index (κ3) is 46.2. The van der Waals surface area contributed by atoms with Gasteiger partial charge in [0.2, 0.25) is 0 Å². The van der Waals surface area contributed by atoms with E-state index < -0.39 is 6.10 Å². The topological polar surface area (TPSA) is 78.9 Å². The number of ether oxygens (including phenoxy) is 3. The average Bonchev–Trinajstić information content (AvgIpc) is 3.24. The summed E-state index contributed by atoms with van der Waals surface area (Å²) in [5.74, 6) is -0.904. The van der Waals surface area contributed by atoms with Crippen LogP contribution < -0.4 is 0 Å². The lowest BCUT2D eigenvalue weighted by Crippen LogP contribution is -2.30. The van der Waals surface area contributed by atoms with Gasteiger partial charge < -0.3 is 14.2 Å². The Labute approximate surface area is 370 Å². The van der Waals surface area contributed by atoms with Crippen LogP contribution in [0.5, 0.6) is 0 Å². The molecule has 6 nitrogen and oxygen atoms in total. The normalized spacial score (nSPS) is 12.5. The Hall–Kier alpha value is -2.89. The molecule has 0 aromatic carbocycles. The van der Waals surface area contributed by atoms with E-state index in [1.807, 2.05) is 0 Å². The van der Waals surface area contributed by atoms with Gasteiger partial charge in [-0.15, -0.1) is 0 Å². The van der Waals surface area contributed by atoms with E-state index in [1.54, 1.807) is 0 Å². The van der Waals surface area contributed by atoms with Gasteiger partial charge in [0.15, 0.2) is 6.10 Å². The van der Waals surface area contributed by atoms with Crippen LogP contribution in [0.3, 0.4) is 0 Å². The number of carbonyl (C=O) groups excluding carboxylic acids is 3. The molecule has 346 valence electrons. The largest absolute Gasteiger partial charge is 0.462 e. The summed E-state index contributed by atoms with van der Waals surface area (Å²) < 4.78 is 16.7. The van der Waals surface area contributed by atoms with Gasteiger partial charge in [-0.05, 0) is 83.5 Å². The van der Waals surface area contributed by atoms with E-state index in [1.165, 1.54) is 103 Å². The Morgan fingerprint density at radius 1 is 0.350 bits per heavy atom. The van der Waals surface area contributed by atoms with E-state index in [4.69, 9.17) is 14.2 Å². The highest BCUT2D eigenvalue weighted by Gasteiger charge is 2.19. The van der Waals surface area contributed by atoms with Crippen molar-refractivity contribution in [3.05, 3.63) is 60.8 Å². The Morgan fingerprint density at radius 2 is 0.650 bits per heavy atom. The van der Waals surface area contributed by atoms with Crippen molar-refractivity contribution in [2.24, 2.45) is 0 Å². The molecule has 0 saturated carbocycles. The van der Waals surface area contributed by atoms with Crippen LogP contribution in [-0.4, -0.2) is 37.2 Å². The fraction of sp³-hybridized carbons (Fsp3) is 0.759. The van der Waals surface area contributed by atoms with Crippen molar-refractivity contribution < 1.29 is 28.6 Å². The average molecular weight is 839 g/mol. The summed E-state index contributed by atoms with van der Waals surface area (Å²) in [4.78, 5) is 37.8. The lowest BCUT2D eigenvalue weighted by Gasteiger charge is -2.18. The van der Waals surface area contributed by atoms with E-state index >= 15 is 0 Å². The van der Waals surface area contributed by atoms with Crippen molar-refractivity contribution in [3.8, 4) is 0 Å². The second-order valence-electron chi connectivity index (χ2n) is 16.7. The van der Waals surface area contributed by atoms with Gasteiger partial charge in [0, 0.05) is 19.3 Å². The predicted molar refractivity (Wildman–Crippen MR) is 256 cm³/mol. The molecule has 0 bridgehead atoms. The molecular weight excluding hydrogens is 745 g/mol. The smallest absolute Gasteiger partial charge is 0.306 e. The number of allylic oxidation sites excluding steroid dienone is 10. The fourth-order valence-corrected chi connectivity index (χ4v) is 6.96. The molecule has 0 heterocycles. The zero-order chi connectivity index (χ0) is 43.7. The molecule has 0 amide bonds. The monoisotopic (exact) mass is 839 g/mol. The standard InChI is InChI=1S/C54H94O6/c1-4-7-10-13-16-19-21-23-25-26-27-28-29-31-32-35-38-41-44-47-53(56)59-50-51(49-58-52(55)46-43-40-37-34-18-15-12-9-6-3)60-54(57)48-45-42-39-36-33-30-24-22-20-17-14-11-8-5-2/h7,10,16,19,22-25,27-28,51H,4-6,8-9,11-15,17-18,20-21,26,29-50H2,1-3H3/b10-7-,19-16-,24-22-,25-23-,28-27-. The third-order valence-corrected chi connectivity index (χ3v) is 10.8. The molecule has 0 radical (unpaired) electrons. The van der Waals surface area contributed by atoms with E-state index in [0.29, 0.717) is 19.3 Å². The van der Waals surface area contributed by atoms with Gasteiger partial charge in [0.25, 0.3) is 0 Å². The molecule has 0 aromatic rings. The number of esters is 3. The number of carbonyl (C=O) groups is 3. The van der Waals surface area contributed by atoms with E-state index in [9.17, 15) is 14.4 Å². The molecule has 1 unspecified atom stereocenters. The van der Waals surface area contributed by atoms with Crippen molar-refractivity contribution >= 4 is 17.9 Å². The Kier molecular flexibility index (Phi) is 46.4. The van der Waals surface area contributed by atoms with Crippen LogP contribution in [0.4, 0.5) is 0 Å². The summed E-state index contributed by atoms with van der Waals surface area (Å²) in [5, 5.41) is 0. The molecule has 0 aliphatic rings. The number of rotatable bonds is 45. The first kappa shape index (κ1) is 57.1. The highest BCUT2D eigenvalue weighted by molar-refractivity contribution is 5.71. The summed E-state index contributed by atoms with van der Waals surface area (Å²) in [6.07, 6.45) is 59.2.